The fourth-order valence-electron chi connectivity index (χ4n) is 1.64. The summed E-state index contributed by atoms with van der Waals surface area (Å²) in [6.45, 7) is 0. The summed E-state index contributed by atoms with van der Waals surface area (Å²) in [6.07, 6.45) is -0.250. The van der Waals surface area contributed by atoms with Crippen LogP contribution in [0, 0.1) is 0 Å². The van der Waals surface area contributed by atoms with Gasteiger partial charge in [0.2, 0.25) is 0 Å². The second kappa shape index (κ2) is 5.67. The van der Waals surface area contributed by atoms with Gasteiger partial charge in [0.1, 0.15) is 11.5 Å². The molecule has 0 atom stereocenters. The van der Waals surface area contributed by atoms with E-state index in [4.69, 9.17) is 4.74 Å². The number of phenolic OH excluding ortho intramolecular Hbond substituents is 1. The van der Waals surface area contributed by atoms with Gasteiger partial charge in [0.25, 0.3) is 0 Å². The van der Waals surface area contributed by atoms with Gasteiger partial charge in [0.15, 0.2) is 11.6 Å². The number of ether oxygens (including phenoxy) is 1. The van der Waals surface area contributed by atoms with Crippen LogP contribution in [0.1, 0.15) is 26.5 Å². The fourth-order valence-corrected chi connectivity index (χ4v) is 2.30. The number of ketones is 2. The third-order valence-electron chi connectivity index (χ3n) is 2.62. The summed E-state index contributed by atoms with van der Waals surface area (Å²) >= 11 is 1.29. The minimum absolute atomic E-state index is 0.130. The highest BCUT2D eigenvalue weighted by Crippen LogP contribution is 2.25. The highest BCUT2D eigenvalue weighted by molar-refractivity contribution is 7.12. The van der Waals surface area contributed by atoms with Gasteiger partial charge in [-0.2, -0.15) is 0 Å². The van der Waals surface area contributed by atoms with Crippen LogP contribution >= 0.6 is 11.3 Å². The lowest BCUT2D eigenvalue weighted by Crippen LogP contribution is -2.07. The molecule has 1 heterocycles. The molecule has 0 aliphatic rings. The van der Waals surface area contributed by atoms with Crippen LogP contribution in [0.5, 0.6) is 11.5 Å². The Morgan fingerprint density at radius 1 is 1.26 bits per heavy atom. The zero-order valence-corrected chi connectivity index (χ0v) is 11.1. The maximum absolute atomic E-state index is 12.0. The number of hydrogen-bond acceptors (Lipinski definition) is 5. The molecule has 0 radical (unpaired) electrons. The zero-order valence-electron chi connectivity index (χ0n) is 10.3. The maximum atomic E-state index is 12.0. The van der Waals surface area contributed by atoms with Gasteiger partial charge < -0.3 is 9.84 Å². The Morgan fingerprint density at radius 3 is 2.63 bits per heavy atom. The molecule has 0 amide bonds. The van der Waals surface area contributed by atoms with Gasteiger partial charge in [-0.05, 0) is 23.6 Å². The van der Waals surface area contributed by atoms with Crippen LogP contribution in [0.3, 0.4) is 0 Å². The summed E-state index contributed by atoms with van der Waals surface area (Å²) in [5.74, 6) is -0.365. The van der Waals surface area contributed by atoms with E-state index >= 15 is 0 Å². The van der Waals surface area contributed by atoms with E-state index in [0.717, 1.165) is 0 Å². The van der Waals surface area contributed by atoms with E-state index in [1.54, 1.807) is 23.6 Å². The quantitative estimate of drug-likeness (QED) is 0.673. The molecule has 4 nitrogen and oxygen atoms in total. The normalized spacial score (nSPS) is 10.2. The Hall–Kier alpha value is -2.14. The van der Waals surface area contributed by atoms with Crippen molar-refractivity contribution in [2.45, 2.75) is 6.42 Å². The molecule has 0 aliphatic heterocycles. The van der Waals surface area contributed by atoms with Crippen LogP contribution in [0.4, 0.5) is 0 Å². The molecule has 0 unspecified atom stereocenters. The number of phenols is 1. The van der Waals surface area contributed by atoms with E-state index in [9.17, 15) is 14.7 Å². The monoisotopic (exact) mass is 276 g/mol. The van der Waals surface area contributed by atoms with Crippen LogP contribution in [0.25, 0.3) is 0 Å². The van der Waals surface area contributed by atoms with Crippen molar-refractivity contribution in [3.63, 3.8) is 0 Å². The van der Waals surface area contributed by atoms with Gasteiger partial charge in [0.05, 0.1) is 24.0 Å². The van der Waals surface area contributed by atoms with Crippen molar-refractivity contribution in [3.05, 3.63) is 46.2 Å². The first-order valence-electron chi connectivity index (χ1n) is 5.58. The van der Waals surface area contributed by atoms with Gasteiger partial charge in [-0.25, -0.2) is 0 Å². The summed E-state index contributed by atoms with van der Waals surface area (Å²) in [4.78, 5) is 24.3. The molecule has 0 saturated heterocycles. The average Bonchev–Trinajstić information content (AvgIpc) is 2.92. The molecule has 2 aromatic rings. The smallest absolute Gasteiger partial charge is 0.180 e. The first-order valence-corrected chi connectivity index (χ1v) is 6.46. The van der Waals surface area contributed by atoms with Gasteiger partial charge in [-0.1, -0.05) is 6.07 Å². The molecule has 19 heavy (non-hydrogen) atoms. The maximum Gasteiger partial charge on any atom is 0.180 e. The van der Waals surface area contributed by atoms with Crippen LogP contribution in [-0.2, 0) is 0 Å². The molecule has 0 bridgehead atoms. The van der Waals surface area contributed by atoms with Crippen molar-refractivity contribution in [1.82, 2.24) is 0 Å². The number of rotatable bonds is 5. The fraction of sp³-hybridized carbons (Fsp3) is 0.143. The highest BCUT2D eigenvalue weighted by Gasteiger charge is 2.17. The predicted octanol–water partition coefficient (Wildman–Crippen LogP) is 2.92. The van der Waals surface area contributed by atoms with E-state index in [-0.39, 0.29) is 23.5 Å². The number of methoxy groups -OCH3 is 1. The van der Waals surface area contributed by atoms with Gasteiger partial charge in [-0.15, -0.1) is 11.3 Å². The molecule has 0 spiro atoms. The number of hydrogen-bond donors (Lipinski definition) is 1. The Bertz CT molecular complexity index is 602. The Balaban J connectivity index is 2.14. The molecular formula is C14H12O4S. The van der Waals surface area contributed by atoms with Crippen LogP contribution in [0.15, 0.2) is 35.7 Å². The third-order valence-corrected chi connectivity index (χ3v) is 3.53. The lowest BCUT2D eigenvalue weighted by atomic mass is 10.0. The lowest BCUT2D eigenvalue weighted by Gasteiger charge is -2.05. The first-order chi connectivity index (χ1) is 9.11. The van der Waals surface area contributed by atoms with Gasteiger partial charge in [-0.3, -0.25) is 9.59 Å². The van der Waals surface area contributed by atoms with Gasteiger partial charge in [0, 0.05) is 6.07 Å². The molecule has 5 heteroatoms. The molecule has 0 fully saturated rings. The molecule has 0 saturated carbocycles. The van der Waals surface area contributed by atoms with Crippen molar-refractivity contribution >= 4 is 22.9 Å². The number of carbonyl (C=O) groups excluding carboxylic acids is 2. The summed E-state index contributed by atoms with van der Waals surface area (Å²) in [7, 11) is 1.47. The summed E-state index contributed by atoms with van der Waals surface area (Å²) in [6, 6.07) is 7.81. The summed E-state index contributed by atoms with van der Waals surface area (Å²) in [5.41, 5.74) is 0.130. The third kappa shape index (κ3) is 3.00. The van der Waals surface area contributed by atoms with E-state index in [1.165, 1.54) is 30.6 Å². The average molecular weight is 276 g/mol. The SMILES string of the molecule is COc1ccc(C(=O)CC(=O)c2cccs2)c(O)c1. The molecule has 1 N–H and O–H groups in total. The summed E-state index contributed by atoms with van der Waals surface area (Å²) < 4.78 is 4.93. The Labute approximate surface area is 114 Å². The van der Waals surface area contributed by atoms with Crippen molar-refractivity contribution in [1.29, 1.82) is 0 Å². The van der Waals surface area contributed by atoms with Crippen LogP contribution < -0.4 is 4.74 Å². The molecule has 1 aromatic heterocycles. The minimum atomic E-state index is -0.404. The van der Waals surface area contributed by atoms with Crippen molar-refractivity contribution in [2.75, 3.05) is 7.11 Å². The van der Waals surface area contributed by atoms with E-state index in [1.807, 2.05) is 0 Å². The Morgan fingerprint density at radius 2 is 2.05 bits per heavy atom. The van der Waals surface area contributed by atoms with Crippen molar-refractivity contribution in [2.24, 2.45) is 0 Å². The van der Waals surface area contributed by atoms with E-state index in [0.29, 0.717) is 10.6 Å². The number of thiophene rings is 1. The van der Waals surface area contributed by atoms with Crippen molar-refractivity contribution < 1.29 is 19.4 Å². The minimum Gasteiger partial charge on any atom is -0.507 e. The lowest BCUT2D eigenvalue weighted by molar-refractivity contribution is 0.0895. The second-order valence-corrected chi connectivity index (χ2v) is 4.83. The zero-order chi connectivity index (χ0) is 13.8. The largest absolute Gasteiger partial charge is 0.507 e. The topological polar surface area (TPSA) is 63.6 Å². The standard InChI is InChI=1S/C14H12O4S/c1-18-9-4-5-10(11(15)7-9)12(16)8-13(17)14-3-2-6-19-14/h2-7,15H,8H2,1H3. The molecule has 0 aliphatic carbocycles. The number of aromatic hydroxyl groups is 1. The first kappa shape index (κ1) is 13.3. The molecule has 2 rings (SSSR count). The highest BCUT2D eigenvalue weighted by atomic mass is 32.1. The number of carbonyl (C=O) groups is 2. The predicted molar refractivity (Wildman–Crippen MR) is 72.3 cm³/mol. The number of Topliss-reactive ketones (excluding diaryl/α,β-unsaturated/α-hetero) is 2. The Kier molecular flexibility index (Phi) is 3.97. The van der Waals surface area contributed by atoms with E-state index in [2.05, 4.69) is 0 Å². The molecular weight excluding hydrogens is 264 g/mol. The van der Waals surface area contributed by atoms with Crippen molar-refractivity contribution in [3.8, 4) is 11.5 Å². The number of benzene rings is 1. The van der Waals surface area contributed by atoms with Crippen LogP contribution in [0.2, 0.25) is 0 Å². The van der Waals surface area contributed by atoms with Crippen LogP contribution in [-0.4, -0.2) is 23.8 Å². The summed E-state index contributed by atoms with van der Waals surface area (Å²) in [5, 5.41) is 11.5. The second-order valence-electron chi connectivity index (χ2n) is 3.88. The van der Waals surface area contributed by atoms with E-state index < -0.39 is 5.78 Å². The molecule has 1 aromatic carbocycles. The molecule has 98 valence electrons. The van der Waals surface area contributed by atoms with Gasteiger partial charge >= 0.3 is 0 Å².